The van der Waals surface area contributed by atoms with E-state index < -0.39 is 5.97 Å². The lowest BCUT2D eigenvalue weighted by molar-refractivity contribution is -0.753. The number of carbonyl (C=O) groups is 1. The molecule has 0 spiro atoms. The van der Waals surface area contributed by atoms with Gasteiger partial charge in [-0.15, -0.1) is 0 Å². The normalized spacial score (nSPS) is 14.1. The number of carbonyl (C=O) groups excluding carboxylic acids is 1. The molecule has 0 saturated heterocycles. The Balaban J connectivity index is 1.69. The molecule has 6 nitrogen and oxygen atoms in total. The van der Waals surface area contributed by atoms with Crippen LogP contribution in [0.4, 0.5) is 0 Å². The molecule has 0 unspecified atom stereocenters. The molecular weight excluding hydrogens is 418 g/mol. The topological polar surface area (TPSA) is 79.0 Å². The highest BCUT2D eigenvalue weighted by Crippen LogP contribution is 2.40. The molecule has 0 heterocycles. The summed E-state index contributed by atoms with van der Waals surface area (Å²) in [6.45, 7) is 2.43. The van der Waals surface area contributed by atoms with E-state index in [1.165, 1.54) is 7.05 Å². The molecule has 0 amide bonds. The van der Waals surface area contributed by atoms with E-state index in [9.17, 15) is 15.1 Å². The molecule has 4 rings (SSSR count). The second-order valence-corrected chi connectivity index (χ2v) is 7.68. The van der Waals surface area contributed by atoms with Gasteiger partial charge in [0.2, 0.25) is 0 Å². The van der Waals surface area contributed by atoms with Crippen LogP contribution in [0.2, 0.25) is 0 Å². The predicted molar refractivity (Wildman–Crippen MR) is 125 cm³/mol. The number of ether oxygens (including phenoxy) is 2. The number of esters is 1. The van der Waals surface area contributed by atoms with Gasteiger partial charge in [0.15, 0.2) is 7.05 Å². The number of hydrogen-bond acceptors (Lipinski definition) is 5. The molecule has 0 aliphatic heterocycles. The van der Waals surface area contributed by atoms with Crippen molar-refractivity contribution in [2.75, 3.05) is 20.3 Å². The summed E-state index contributed by atoms with van der Waals surface area (Å²) in [6, 6.07) is 22.2. The Morgan fingerprint density at radius 2 is 1.70 bits per heavy atom. The number of benzene rings is 3. The Morgan fingerprint density at radius 1 is 0.970 bits per heavy atom. The summed E-state index contributed by atoms with van der Waals surface area (Å²) >= 11 is 0. The van der Waals surface area contributed by atoms with Crippen molar-refractivity contribution in [2.45, 2.75) is 13.3 Å². The molecule has 1 aliphatic rings. The molecule has 33 heavy (non-hydrogen) atoms. The van der Waals surface area contributed by atoms with E-state index in [0.717, 1.165) is 27.0 Å². The predicted octanol–water partition coefficient (Wildman–Crippen LogP) is 4.21. The molecule has 0 bridgehead atoms. The van der Waals surface area contributed by atoms with Crippen molar-refractivity contribution in [3.63, 3.8) is 0 Å². The zero-order chi connectivity index (χ0) is 23.4. The molecular formula is C27H26NO5+. The third-order valence-corrected chi connectivity index (χ3v) is 5.46. The maximum atomic E-state index is 13.0. The van der Waals surface area contributed by atoms with Crippen LogP contribution in [0.1, 0.15) is 29.2 Å². The van der Waals surface area contributed by atoms with Crippen molar-refractivity contribution in [3.8, 4) is 11.5 Å². The fourth-order valence-electron chi connectivity index (χ4n) is 4.01. The van der Waals surface area contributed by atoms with Crippen molar-refractivity contribution in [3.05, 3.63) is 101 Å². The number of phenols is 1. The van der Waals surface area contributed by atoms with E-state index >= 15 is 0 Å². The molecule has 2 N–H and O–H groups in total. The fourth-order valence-corrected chi connectivity index (χ4v) is 4.01. The van der Waals surface area contributed by atoms with Gasteiger partial charge in [0, 0.05) is 12.0 Å². The largest absolute Gasteiger partial charge is 0.508 e. The average molecular weight is 445 g/mol. The summed E-state index contributed by atoms with van der Waals surface area (Å²) in [5.41, 5.74) is 4.86. The van der Waals surface area contributed by atoms with Crippen molar-refractivity contribution in [2.24, 2.45) is 0 Å². The van der Waals surface area contributed by atoms with E-state index in [1.54, 1.807) is 19.1 Å². The third-order valence-electron chi connectivity index (χ3n) is 5.46. The summed E-state index contributed by atoms with van der Waals surface area (Å²) < 4.78 is 12.3. The van der Waals surface area contributed by atoms with E-state index in [0.29, 0.717) is 35.6 Å². The second kappa shape index (κ2) is 9.61. The summed E-state index contributed by atoms with van der Waals surface area (Å²) in [5, 5.41) is 19.9. The van der Waals surface area contributed by atoms with Crippen LogP contribution < -0.4 is 4.74 Å². The van der Waals surface area contributed by atoms with Gasteiger partial charge in [-0.05, 0) is 58.7 Å². The van der Waals surface area contributed by atoms with Crippen LogP contribution in [0.5, 0.6) is 11.5 Å². The maximum Gasteiger partial charge on any atom is 0.345 e. The van der Waals surface area contributed by atoms with Gasteiger partial charge in [-0.25, -0.2) is 4.79 Å². The number of aromatic hydroxyl groups is 1. The minimum atomic E-state index is -0.488. The summed E-state index contributed by atoms with van der Waals surface area (Å²) in [6.07, 6.45) is 0.676. The molecule has 6 heteroatoms. The van der Waals surface area contributed by atoms with Gasteiger partial charge in [0.05, 0.1) is 18.8 Å². The van der Waals surface area contributed by atoms with Crippen LogP contribution in [0.3, 0.4) is 0 Å². The minimum absolute atomic E-state index is 0.230. The minimum Gasteiger partial charge on any atom is -0.508 e. The molecule has 1 aliphatic carbocycles. The lowest BCUT2D eigenvalue weighted by Gasteiger charge is -2.10. The number of hydroxylamine groups is 1. The first-order valence-corrected chi connectivity index (χ1v) is 10.8. The summed E-state index contributed by atoms with van der Waals surface area (Å²) in [5.74, 6) is 0.372. The molecule has 0 saturated carbocycles. The van der Waals surface area contributed by atoms with E-state index in [2.05, 4.69) is 0 Å². The third kappa shape index (κ3) is 4.60. The molecule has 3 aromatic rings. The smallest absolute Gasteiger partial charge is 0.345 e. The fraction of sp³-hybridized carbons (Fsp3) is 0.185. The Morgan fingerprint density at radius 3 is 2.36 bits per heavy atom. The van der Waals surface area contributed by atoms with E-state index in [4.69, 9.17) is 9.47 Å². The van der Waals surface area contributed by atoms with Crippen molar-refractivity contribution in [1.29, 1.82) is 0 Å². The van der Waals surface area contributed by atoms with Gasteiger partial charge in [-0.2, -0.15) is 0 Å². The zero-order valence-electron chi connectivity index (χ0n) is 18.6. The number of phenolic OH excluding ortho intramolecular Hbond substituents is 1. The Kier molecular flexibility index (Phi) is 6.45. The van der Waals surface area contributed by atoms with Crippen LogP contribution in [0, 0.1) is 0 Å². The van der Waals surface area contributed by atoms with Gasteiger partial charge in [0.25, 0.3) is 5.71 Å². The second-order valence-electron chi connectivity index (χ2n) is 7.68. The highest BCUT2D eigenvalue weighted by atomic mass is 16.5. The molecule has 168 valence electrons. The van der Waals surface area contributed by atoms with Crippen LogP contribution >= 0.6 is 0 Å². The Bertz CT molecular complexity index is 1220. The maximum absolute atomic E-state index is 13.0. The zero-order valence-corrected chi connectivity index (χ0v) is 18.6. The van der Waals surface area contributed by atoms with E-state index in [1.807, 2.05) is 60.7 Å². The van der Waals surface area contributed by atoms with Crippen LogP contribution in [0.25, 0.3) is 5.57 Å². The summed E-state index contributed by atoms with van der Waals surface area (Å²) in [7, 11) is 1.49. The highest BCUT2D eigenvalue weighted by molar-refractivity contribution is 6.35. The lowest BCUT2D eigenvalue weighted by atomic mass is 9.97. The average Bonchev–Trinajstić information content (AvgIpc) is 3.16. The molecule has 0 atom stereocenters. The number of rotatable bonds is 7. The van der Waals surface area contributed by atoms with Crippen LogP contribution in [0.15, 0.2) is 78.4 Å². The molecule has 0 fully saturated rings. The van der Waals surface area contributed by atoms with Gasteiger partial charge in [0.1, 0.15) is 17.1 Å². The summed E-state index contributed by atoms with van der Waals surface area (Å²) in [4.78, 5) is 13.0. The van der Waals surface area contributed by atoms with Gasteiger partial charge < -0.3 is 14.6 Å². The van der Waals surface area contributed by atoms with Gasteiger partial charge >= 0.3 is 5.97 Å². The highest BCUT2D eigenvalue weighted by Gasteiger charge is 2.40. The monoisotopic (exact) mass is 444 g/mol. The lowest BCUT2D eigenvalue weighted by Crippen LogP contribution is -2.22. The SMILES string of the molecule is CCOC(=O)C1=C(c2ccccc2)c2ccc(OCCc3ccc(O)cc3)cc2C1=[N+](C)O. The number of nitrogens with zero attached hydrogens (tertiary/aromatic N) is 1. The van der Waals surface area contributed by atoms with Crippen molar-refractivity contribution < 1.29 is 29.3 Å². The number of hydrogen-bond donors (Lipinski definition) is 2. The Hall–Kier alpha value is -4.06. The Labute approximate surface area is 192 Å². The first-order valence-electron chi connectivity index (χ1n) is 10.8. The molecule has 3 aromatic carbocycles. The quantitative estimate of drug-likeness (QED) is 0.247. The standard InChI is InChI=1S/C27H25NO5/c1-3-32-27(30)25-24(19-7-5-4-6-8-19)22-14-13-21(17-23(22)26(25)28(2)31)33-16-15-18-9-11-20(29)12-10-18/h4-14,17H,3,15-16H2,1-2H3,(H-,29,30,31)/p+1. The first-order chi connectivity index (χ1) is 16.0. The van der Waals surface area contributed by atoms with Crippen LogP contribution in [-0.4, -0.2) is 47.0 Å². The van der Waals surface area contributed by atoms with Crippen LogP contribution in [-0.2, 0) is 16.0 Å². The molecule has 0 radical (unpaired) electrons. The molecule has 0 aromatic heterocycles. The van der Waals surface area contributed by atoms with Gasteiger partial charge in [-0.3, -0.25) is 5.21 Å². The van der Waals surface area contributed by atoms with Crippen molar-refractivity contribution >= 4 is 17.3 Å². The van der Waals surface area contributed by atoms with E-state index in [-0.39, 0.29) is 12.4 Å². The van der Waals surface area contributed by atoms with Gasteiger partial charge in [-0.1, -0.05) is 42.5 Å². The van der Waals surface area contributed by atoms with Crippen molar-refractivity contribution in [1.82, 2.24) is 0 Å². The first kappa shape index (κ1) is 22.1. The number of fused-ring (bicyclic) bond motifs is 1.